The zero-order valence-corrected chi connectivity index (χ0v) is 40.5. The molecule has 0 N–H and O–H groups in total. The molecule has 0 unspecified atom stereocenters. The van der Waals surface area contributed by atoms with Crippen molar-refractivity contribution in [2.45, 2.75) is 0 Å². The summed E-state index contributed by atoms with van der Waals surface area (Å²) in [4.78, 5) is 39.4. The van der Waals surface area contributed by atoms with E-state index in [2.05, 4.69) is 175 Å². The van der Waals surface area contributed by atoms with Crippen LogP contribution in [0.25, 0.3) is 165 Å². The van der Waals surface area contributed by atoms with Crippen molar-refractivity contribution in [1.29, 1.82) is 0 Å². The standard InChI is InChI=1S/C68H38N8/c1-2-12-49-47(10-1)48-11-3-4-13-50(48)58-31-41(19-24-53(49)58)45-35-73-68(74-36-45)62-28-23-43-33-57(56-16-8-30-70-66(56)65(43)76-62)42-20-25-54-55-26-21-44(34-60(55)52-15-6-5-14-51(52)59(54)32-42)67-71-37-46(38-72-67)61-27-22-40-18-17-39-9-7-29-69-63(39)64(40)75-61/h1-38H. The van der Waals surface area contributed by atoms with Crippen LogP contribution in [-0.2, 0) is 0 Å². The van der Waals surface area contributed by atoms with Gasteiger partial charge in [0, 0.05) is 75.4 Å². The maximum absolute atomic E-state index is 5.20. The summed E-state index contributed by atoms with van der Waals surface area (Å²) in [5.74, 6) is 1.21. The highest BCUT2D eigenvalue weighted by atomic mass is 14.9. The fraction of sp³-hybridized carbons (Fsp3) is 0. The van der Waals surface area contributed by atoms with Crippen LogP contribution in [0.5, 0.6) is 0 Å². The van der Waals surface area contributed by atoms with Gasteiger partial charge in [0.05, 0.1) is 27.8 Å². The summed E-state index contributed by atoms with van der Waals surface area (Å²) in [5, 5.41) is 18.6. The van der Waals surface area contributed by atoms with Gasteiger partial charge in [-0.05, 0) is 130 Å². The van der Waals surface area contributed by atoms with Gasteiger partial charge in [-0.1, -0.05) is 146 Å². The lowest BCUT2D eigenvalue weighted by Crippen LogP contribution is -1.95. The van der Waals surface area contributed by atoms with Crippen LogP contribution < -0.4 is 0 Å². The highest BCUT2D eigenvalue weighted by molar-refractivity contribution is 6.27. The first kappa shape index (κ1) is 42.1. The molecule has 0 atom stereocenters. The minimum atomic E-state index is 0.559. The lowest BCUT2D eigenvalue weighted by atomic mass is 9.90. The molecule has 8 nitrogen and oxygen atoms in total. The molecule has 76 heavy (non-hydrogen) atoms. The van der Waals surface area contributed by atoms with E-state index in [0.29, 0.717) is 17.3 Å². The van der Waals surface area contributed by atoms with Crippen molar-refractivity contribution >= 4 is 108 Å². The number of nitrogens with zero attached hydrogens (tertiary/aromatic N) is 8. The van der Waals surface area contributed by atoms with Crippen LogP contribution in [0.1, 0.15) is 0 Å². The molecule has 8 heteroatoms. The summed E-state index contributed by atoms with van der Waals surface area (Å²) in [5.41, 5.74) is 10.9. The molecular weight excluding hydrogens is 929 g/mol. The maximum Gasteiger partial charge on any atom is 0.178 e. The van der Waals surface area contributed by atoms with Crippen LogP contribution in [0.2, 0.25) is 0 Å². The van der Waals surface area contributed by atoms with E-state index in [-0.39, 0.29) is 0 Å². The summed E-state index contributed by atoms with van der Waals surface area (Å²) in [7, 11) is 0. The van der Waals surface area contributed by atoms with Crippen LogP contribution in [0, 0.1) is 0 Å². The molecule has 0 fully saturated rings. The molecule has 10 aromatic carbocycles. The van der Waals surface area contributed by atoms with Crippen molar-refractivity contribution in [2.75, 3.05) is 0 Å². The van der Waals surface area contributed by atoms with Crippen LogP contribution in [-0.4, -0.2) is 39.9 Å². The van der Waals surface area contributed by atoms with Crippen LogP contribution in [0.4, 0.5) is 0 Å². The Morgan fingerprint density at radius 1 is 0.224 bits per heavy atom. The monoisotopic (exact) mass is 966 g/mol. The van der Waals surface area contributed by atoms with Gasteiger partial charge < -0.3 is 0 Å². The van der Waals surface area contributed by atoms with Gasteiger partial charge in [-0.15, -0.1) is 0 Å². The largest absolute Gasteiger partial charge is 0.254 e. The van der Waals surface area contributed by atoms with Crippen molar-refractivity contribution in [3.8, 4) is 56.4 Å². The van der Waals surface area contributed by atoms with Crippen LogP contribution >= 0.6 is 0 Å². The predicted octanol–water partition coefficient (Wildman–Crippen LogP) is 16.7. The molecule has 6 aromatic heterocycles. The van der Waals surface area contributed by atoms with Crippen molar-refractivity contribution in [3.63, 3.8) is 0 Å². The third-order valence-electron chi connectivity index (χ3n) is 15.3. The lowest BCUT2D eigenvalue weighted by molar-refractivity contribution is 1.15. The molecule has 16 rings (SSSR count). The van der Waals surface area contributed by atoms with Crippen LogP contribution in [0.3, 0.4) is 0 Å². The highest BCUT2D eigenvalue weighted by Gasteiger charge is 2.18. The van der Waals surface area contributed by atoms with Gasteiger partial charge in [0.15, 0.2) is 11.6 Å². The average molecular weight is 967 g/mol. The maximum atomic E-state index is 5.20. The molecule has 6 heterocycles. The van der Waals surface area contributed by atoms with Crippen LogP contribution in [0.15, 0.2) is 231 Å². The molecule has 0 aliphatic carbocycles. The number of fused-ring (bicyclic) bond motifs is 18. The Morgan fingerprint density at radius 2 is 0.658 bits per heavy atom. The molecule has 0 amide bonds. The lowest BCUT2D eigenvalue weighted by Gasteiger charge is -2.15. The van der Waals surface area contributed by atoms with Gasteiger partial charge in [-0.2, -0.15) is 0 Å². The van der Waals surface area contributed by atoms with E-state index in [4.69, 9.17) is 34.9 Å². The van der Waals surface area contributed by atoms with Gasteiger partial charge in [0.25, 0.3) is 0 Å². The molecule has 0 saturated heterocycles. The first-order chi connectivity index (χ1) is 37.6. The Kier molecular flexibility index (Phi) is 9.17. The fourth-order valence-electron chi connectivity index (χ4n) is 11.6. The second-order valence-corrected chi connectivity index (χ2v) is 19.5. The Labute approximate surface area is 433 Å². The average Bonchev–Trinajstić information content (AvgIpc) is 3.53. The minimum absolute atomic E-state index is 0.559. The third-order valence-corrected chi connectivity index (χ3v) is 15.3. The number of pyridine rings is 4. The molecule has 350 valence electrons. The van der Waals surface area contributed by atoms with E-state index in [9.17, 15) is 0 Å². The zero-order valence-electron chi connectivity index (χ0n) is 40.5. The number of hydrogen-bond donors (Lipinski definition) is 0. The second kappa shape index (κ2) is 16.5. The predicted molar refractivity (Wildman–Crippen MR) is 311 cm³/mol. The molecule has 0 aliphatic rings. The summed E-state index contributed by atoms with van der Waals surface area (Å²) in [6.45, 7) is 0. The molecule has 0 spiro atoms. The van der Waals surface area contributed by atoms with Gasteiger partial charge in [-0.3, -0.25) is 9.97 Å². The van der Waals surface area contributed by atoms with Crippen molar-refractivity contribution in [3.05, 3.63) is 231 Å². The Bertz CT molecular complexity index is 5060. The van der Waals surface area contributed by atoms with Gasteiger partial charge >= 0.3 is 0 Å². The fourth-order valence-corrected chi connectivity index (χ4v) is 11.6. The highest BCUT2D eigenvalue weighted by Crippen LogP contribution is 2.42. The first-order valence-electron chi connectivity index (χ1n) is 25.4. The van der Waals surface area contributed by atoms with Gasteiger partial charge in [0.2, 0.25) is 0 Å². The summed E-state index contributed by atoms with van der Waals surface area (Å²) >= 11 is 0. The van der Waals surface area contributed by atoms with E-state index in [1.165, 1.54) is 59.2 Å². The Balaban J connectivity index is 0.736. The van der Waals surface area contributed by atoms with E-state index in [0.717, 1.165) is 88.1 Å². The zero-order chi connectivity index (χ0) is 49.8. The molecular formula is C68H38N8. The van der Waals surface area contributed by atoms with Crippen molar-refractivity contribution in [1.82, 2.24) is 39.9 Å². The van der Waals surface area contributed by atoms with Gasteiger partial charge in [-0.25, -0.2) is 29.9 Å². The second-order valence-electron chi connectivity index (χ2n) is 19.5. The number of hydrogen-bond acceptors (Lipinski definition) is 8. The smallest absolute Gasteiger partial charge is 0.178 e. The minimum Gasteiger partial charge on any atom is -0.254 e. The topological polar surface area (TPSA) is 103 Å². The summed E-state index contributed by atoms with van der Waals surface area (Å²) in [6.07, 6.45) is 11.2. The normalized spacial score (nSPS) is 11.9. The van der Waals surface area contributed by atoms with Gasteiger partial charge in [0.1, 0.15) is 5.69 Å². The van der Waals surface area contributed by atoms with E-state index in [1.54, 1.807) is 0 Å². The molecule has 16 aromatic rings. The van der Waals surface area contributed by atoms with E-state index in [1.807, 2.05) is 61.4 Å². The Morgan fingerprint density at radius 3 is 1.32 bits per heavy atom. The van der Waals surface area contributed by atoms with E-state index >= 15 is 0 Å². The number of rotatable bonds is 5. The number of aromatic nitrogens is 8. The van der Waals surface area contributed by atoms with E-state index < -0.39 is 0 Å². The molecule has 0 bridgehead atoms. The summed E-state index contributed by atoms with van der Waals surface area (Å²) < 4.78 is 0. The van der Waals surface area contributed by atoms with Crippen molar-refractivity contribution in [2.24, 2.45) is 0 Å². The molecule has 0 radical (unpaired) electrons. The quantitative estimate of drug-likeness (QED) is 0.157. The number of benzene rings is 10. The third kappa shape index (κ3) is 6.57. The molecule has 0 aliphatic heterocycles. The Hall–Kier alpha value is -10.4. The molecule has 0 saturated carbocycles. The first-order valence-corrected chi connectivity index (χ1v) is 25.4. The van der Waals surface area contributed by atoms with Crippen molar-refractivity contribution < 1.29 is 0 Å². The summed E-state index contributed by atoms with van der Waals surface area (Å²) in [6, 6.07) is 68.8. The SMILES string of the molecule is c1cnc2c(c1)ccc1ccc(-c3cnc(-c4ccc5c6ccc(-c7cc8ccc(-c9ncc(-c%10ccc%11c%12ccccc%12c%12ccccc%12c%11c%10)cn9)nc8c8ncccc78)cc6c6ccccc6c5c4)nc3)nc12.